The van der Waals surface area contributed by atoms with Gasteiger partial charge < -0.3 is 10.1 Å². The molecule has 0 saturated heterocycles. The maximum absolute atomic E-state index is 11.3. The molecule has 17 heavy (non-hydrogen) atoms. The van der Waals surface area contributed by atoms with Gasteiger partial charge in [-0.15, -0.1) is 11.6 Å². The topological polar surface area (TPSA) is 55.4 Å². The first kappa shape index (κ1) is 11.9. The number of carbonyl (C=O) groups excluding carboxylic acids is 2. The van der Waals surface area contributed by atoms with Gasteiger partial charge in [0.1, 0.15) is 5.75 Å². The van der Waals surface area contributed by atoms with Crippen LogP contribution in [0.25, 0.3) is 0 Å². The molecule has 90 valence electrons. The van der Waals surface area contributed by atoms with Gasteiger partial charge in [-0.3, -0.25) is 9.59 Å². The summed E-state index contributed by atoms with van der Waals surface area (Å²) in [5.41, 5.74) is 1.78. The number of aryl methyl sites for hydroxylation is 1. The van der Waals surface area contributed by atoms with Crippen LogP contribution in [-0.2, 0) is 16.0 Å². The molecule has 0 unspecified atom stereocenters. The molecule has 0 radical (unpaired) electrons. The molecule has 2 rings (SSSR count). The number of carbonyl (C=O) groups is 2. The normalized spacial score (nSPS) is 13.8. The Morgan fingerprint density at radius 1 is 1.41 bits per heavy atom. The largest absolute Gasteiger partial charge is 0.426 e. The summed E-state index contributed by atoms with van der Waals surface area (Å²) < 4.78 is 5.08. The molecule has 1 aliphatic rings. The lowest BCUT2D eigenvalue weighted by Crippen LogP contribution is -2.19. The number of fused-ring (bicyclic) bond motifs is 1. The van der Waals surface area contributed by atoms with E-state index in [-0.39, 0.29) is 24.2 Å². The predicted molar refractivity (Wildman–Crippen MR) is 64.4 cm³/mol. The molecule has 0 aliphatic carbocycles. The fourth-order valence-corrected chi connectivity index (χ4v) is 1.83. The van der Waals surface area contributed by atoms with Crippen molar-refractivity contribution >= 4 is 29.2 Å². The number of nitrogens with one attached hydrogen (secondary N) is 1. The monoisotopic (exact) mass is 253 g/mol. The van der Waals surface area contributed by atoms with Crippen LogP contribution in [0.1, 0.15) is 18.4 Å². The minimum absolute atomic E-state index is 0.0123. The van der Waals surface area contributed by atoms with E-state index in [4.69, 9.17) is 16.3 Å². The lowest BCUT2D eigenvalue weighted by Gasteiger charge is -2.17. The third kappa shape index (κ3) is 2.97. The Hall–Kier alpha value is -1.55. The fourth-order valence-electron chi connectivity index (χ4n) is 1.67. The van der Waals surface area contributed by atoms with Gasteiger partial charge in [0.05, 0.1) is 6.42 Å². The van der Waals surface area contributed by atoms with Gasteiger partial charge in [-0.25, -0.2) is 0 Å². The quantitative estimate of drug-likeness (QED) is 0.510. The number of amides is 1. The molecule has 1 amide bonds. The molecule has 0 bridgehead atoms. The molecule has 0 atom stereocenters. The van der Waals surface area contributed by atoms with Crippen LogP contribution in [0.4, 0.5) is 5.69 Å². The number of ether oxygens (including phenoxy) is 1. The summed E-state index contributed by atoms with van der Waals surface area (Å²) in [5.74, 6) is 0.283. The number of esters is 1. The first-order chi connectivity index (χ1) is 8.19. The Morgan fingerprint density at radius 3 is 3.00 bits per heavy atom. The number of halogens is 1. The van der Waals surface area contributed by atoms with E-state index < -0.39 is 0 Å². The van der Waals surface area contributed by atoms with E-state index in [0.717, 1.165) is 17.7 Å². The van der Waals surface area contributed by atoms with E-state index in [0.29, 0.717) is 12.2 Å². The number of anilines is 1. The highest BCUT2D eigenvalue weighted by atomic mass is 35.5. The van der Waals surface area contributed by atoms with Gasteiger partial charge >= 0.3 is 5.97 Å². The molecule has 5 heteroatoms. The highest BCUT2D eigenvalue weighted by molar-refractivity contribution is 6.18. The smallest absolute Gasteiger partial charge is 0.312 e. The second-order valence-electron chi connectivity index (χ2n) is 3.78. The standard InChI is InChI=1S/C12H12ClNO3/c13-6-5-12(16)17-9-3-1-8-2-4-11(15)14-10(8)7-9/h1,3,7H,2,4-6H2,(H,14,15). The highest BCUT2D eigenvalue weighted by Gasteiger charge is 2.15. The van der Waals surface area contributed by atoms with Crippen molar-refractivity contribution in [1.29, 1.82) is 0 Å². The SMILES string of the molecule is O=C1CCc2ccc(OC(=O)CCCl)cc2N1. The zero-order valence-electron chi connectivity index (χ0n) is 9.16. The van der Waals surface area contributed by atoms with E-state index in [1.54, 1.807) is 12.1 Å². The third-order valence-corrected chi connectivity index (χ3v) is 2.70. The summed E-state index contributed by atoms with van der Waals surface area (Å²) in [7, 11) is 0. The van der Waals surface area contributed by atoms with Crippen molar-refractivity contribution in [3.05, 3.63) is 23.8 Å². The van der Waals surface area contributed by atoms with Crippen molar-refractivity contribution < 1.29 is 14.3 Å². The van der Waals surface area contributed by atoms with Crippen molar-refractivity contribution in [1.82, 2.24) is 0 Å². The zero-order valence-corrected chi connectivity index (χ0v) is 9.92. The first-order valence-corrected chi connectivity index (χ1v) is 5.92. The number of hydrogen-bond donors (Lipinski definition) is 1. The average molecular weight is 254 g/mol. The van der Waals surface area contributed by atoms with Crippen LogP contribution in [0.2, 0.25) is 0 Å². The number of alkyl halides is 1. The third-order valence-electron chi connectivity index (χ3n) is 2.51. The minimum atomic E-state index is -0.373. The van der Waals surface area contributed by atoms with Gasteiger partial charge in [0.15, 0.2) is 0 Å². The molecule has 0 aromatic heterocycles. The van der Waals surface area contributed by atoms with Crippen molar-refractivity contribution in [2.24, 2.45) is 0 Å². The van der Waals surface area contributed by atoms with E-state index in [1.165, 1.54) is 0 Å². The molecule has 1 heterocycles. The summed E-state index contributed by atoms with van der Waals surface area (Å²) in [6, 6.07) is 5.25. The molecular weight excluding hydrogens is 242 g/mol. The van der Waals surface area contributed by atoms with Crippen LogP contribution in [0, 0.1) is 0 Å². The van der Waals surface area contributed by atoms with E-state index >= 15 is 0 Å². The molecule has 0 fully saturated rings. The molecule has 4 nitrogen and oxygen atoms in total. The van der Waals surface area contributed by atoms with Gasteiger partial charge in [-0.05, 0) is 18.1 Å². The number of hydrogen-bond acceptors (Lipinski definition) is 3. The van der Waals surface area contributed by atoms with E-state index in [1.807, 2.05) is 6.07 Å². The Labute approximate surface area is 104 Å². The van der Waals surface area contributed by atoms with Crippen molar-refractivity contribution in [3.8, 4) is 5.75 Å². The lowest BCUT2D eigenvalue weighted by molar-refractivity contribution is -0.133. The summed E-state index contributed by atoms with van der Waals surface area (Å²) in [6.07, 6.45) is 1.39. The Morgan fingerprint density at radius 2 is 2.24 bits per heavy atom. The van der Waals surface area contributed by atoms with Gasteiger partial charge in [0.25, 0.3) is 0 Å². The Kier molecular flexibility index (Phi) is 3.64. The maximum Gasteiger partial charge on any atom is 0.312 e. The second kappa shape index (κ2) is 5.19. The second-order valence-corrected chi connectivity index (χ2v) is 4.16. The molecule has 1 aliphatic heterocycles. The highest BCUT2D eigenvalue weighted by Crippen LogP contribution is 2.27. The first-order valence-electron chi connectivity index (χ1n) is 5.38. The Bertz CT molecular complexity index is 459. The van der Waals surface area contributed by atoms with Crippen LogP contribution < -0.4 is 10.1 Å². The number of benzene rings is 1. The van der Waals surface area contributed by atoms with Crippen LogP contribution in [0.15, 0.2) is 18.2 Å². The van der Waals surface area contributed by atoms with Crippen LogP contribution in [0.3, 0.4) is 0 Å². The number of rotatable bonds is 3. The molecule has 1 N–H and O–H groups in total. The molecule has 1 aromatic rings. The summed E-state index contributed by atoms with van der Waals surface area (Å²) >= 11 is 5.44. The summed E-state index contributed by atoms with van der Waals surface area (Å²) in [5, 5.41) is 2.75. The van der Waals surface area contributed by atoms with E-state index in [9.17, 15) is 9.59 Å². The van der Waals surface area contributed by atoms with Crippen molar-refractivity contribution in [3.63, 3.8) is 0 Å². The minimum Gasteiger partial charge on any atom is -0.426 e. The maximum atomic E-state index is 11.3. The van der Waals surface area contributed by atoms with E-state index in [2.05, 4.69) is 5.32 Å². The zero-order chi connectivity index (χ0) is 12.3. The van der Waals surface area contributed by atoms with Crippen molar-refractivity contribution in [2.45, 2.75) is 19.3 Å². The van der Waals surface area contributed by atoms with Gasteiger partial charge in [0, 0.05) is 24.1 Å². The summed E-state index contributed by atoms with van der Waals surface area (Å²) in [6.45, 7) is 0. The van der Waals surface area contributed by atoms with Crippen LogP contribution in [0.5, 0.6) is 5.75 Å². The van der Waals surface area contributed by atoms with Gasteiger partial charge in [-0.1, -0.05) is 6.07 Å². The van der Waals surface area contributed by atoms with Crippen molar-refractivity contribution in [2.75, 3.05) is 11.2 Å². The van der Waals surface area contributed by atoms with Gasteiger partial charge in [0.2, 0.25) is 5.91 Å². The van der Waals surface area contributed by atoms with Crippen LogP contribution in [-0.4, -0.2) is 17.8 Å². The predicted octanol–water partition coefficient (Wildman–Crippen LogP) is 2.11. The fraction of sp³-hybridized carbons (Fsp3) is 0.333. The molecule has 0 saturated carbocycles. The van der Waals surface area contributed by atoms with Crippen LogP contribution >= 0.6 is 11.6 Å². The average Bonchev–Trinajstić information content (AvgIpc) is 2.28. The summed E-state index contributed by atoms with van der Waals surface area (Å²) in [4.78, 5) is 22.5. The lowest BCUT2D eigenvalue weighted by atomic mass is 10.0. The Balaban J connectivity index is 2.13. The van der Waals surface area contributed by atoms with Gasteiger partial charge in [-0.2, -0.15) is 0 Å². The molecular formula is C12H12ClNO3. The molecule has 0 spiro atoms. The molecule has 1 aromatic carbocycles.